The number of benzene rings is 4. The van der Waals surface area contributed by atoms with E-state index in [4.69, 9.17) is 41.2 Å². The highest BCUT2D eigenvalue weighted by molar-refractivity contribution is 7.07. The third-order valence-electron chi connectivity index (χ3n) is 13.5. The van der Waals surface area contributed by atoms with Gasteiger partial charge < -0.3 is 41.2 Å². The van der Waals surface area contributed by atoms with E-state index in [0.717, 1.165) is 20.7 Å². The molecule has 3 aliphatic heterocycles. The summed E-state index contributed by atoms with van der Waals surface area (Å²) in [6.07, 6.45) is 0. The molecule has 3 heterocycles. The predicted molar refractivity (Wildman–Crippen MR) is 282 cm³/mol. The van der Waals surface area contributed by atoms with E-state index in [9.17, 15) is 0 Å². The van der Waals surface area contributed by atoms with Crippen molar-refractivity contribution in [3.8, 4) is 0 Å². The van der Waals surface area contributed by atoms with Crippen LogP contribution in [0.2, 0.25) is 44.3 Å². The Morgan fingerprint density at radius 1 is 0.212 bits per heavy atom. The van der Waals surface area contributed by atoms with Gasteiger partial charge in [-0.15, -0.1) is 0 Å². The lowest BCUT2D eigenvalue weighted by Gasteiger charge is -2.62. The molecule has 3 aliphatic rings. The number of fused-ring (bicyclic) bond motifs is 4. The maximum Gasteiger partial charge on any atom is 0.480 e. The maximum atomic E-state index is 8.27. The fourth-order valence-corrected chi connectivity index (χ4v) is 62.6. The van der Waals surface area contributed by atoms with Gasteiger partial charge in [0.05, 0.1) is 0 Å². The first kappa shape index (κ1) is 52.0. The average molecular weight is 1040 g/mol. The van der Waals surface area contributed by atoms with E-state index in [1.807, 2.05) is 24.3 Å². The summed E-state index contributed by atoms with van der Waals surface area (Å²) in [5.74, 6) is 0. The summed E-state index contributed by atoms with van der Waals surface area (Å²) >= 11 is 0. The summed E-state index contributed by atoms with van der Waals surface area (Å²) in [4.78, 5) is 0. The van der Waals surface area contributed by atoms with Crippen LogP contribution in [0.15, 0.2) is 121 Å². The third kappa shape index (κ3) is 8.86. The van der Waals surface area contributed by atoms with Crippen LogP contribution in [0.5, 0.6) is 0 Å². The Balaban J connectivity index is 1.66. The van der Waals surface area contributed by atoms with Crippen molar-refractivity contribution in [1.82, 2.24) is 0 Å². The van der Waals surface area contributed by atoms with Gasteiger partial charge in [0.1, 0.15) is 0 Å². The van der Waals surface area contributed by atoms with E-state index in [1.165, 1.54) is 0 Å². The largest absolute Gasteiger partial charge is 0.480 e. The molecule has 0 saturated carbocycles. The molecule has 0 N–H and O–H groups in total. The van der Waals surface area contributed by atoms with Gasteiger partial charge in [-0.3, -0.25) is 0 Å². The Hall–Kier alpha value is -1.78. The van der Waals surface area contributed by atoms with E-state index in [1.54, 1.807) is 0 Å². The third-order valence-corrected chi connectivity index (χ3v) is 53.1. The van der Waals surface area contributed by atoms with E-state index in [2.05, 4.69) is 208 Å². The van der Waals surface area contributed by atoms with E-state index < -0.39 is 69.5 Å². The molecule has 0 spiro atoms. The second-order valence-corrected chi connectivity index (χ2v) is 50.7. The van der Waals surface area contributed by atoms with Crippen LogP contribution in [0.1, 0.15) is 111 Å². The SMILES string of the molecule is CC(C)[Si]12O[Si](C(C)C)(O[Si]3(C(C)C)O[Si](C(C)C)(O1)O[Si@@](c1ccccc1)(C(C)C)O[Si@@](c1ccccc1)(C(C)C)O3)O[Si@@](c1ccccc1)(C(C)C)O[Si@@](c1ccccc1)(C(C)C)O2. The molecular weight excluding hydrogens is 961 g/mol. The van der Waals surface area contributed by atoms with Crippen LogP contribution < -0.4 is 20.7 Å². The van der Waals surface area contributed by atoms with Crippen molar-refractivity contribution < 1.29 is 41.2 Å². The topological polar surface area (TPSA) is 92.3 Å². The van der Waals surface area contributed by atoms with Crippen LogP contribution in [0.4, 0.5) is 0 Å². The molecule has 4 aromatic carbocycles. The van der Waals surface area contributed by atoms with Crippen molar-refractivity contribution in [3.63, 3.8) is 0 Å². The molecule has 0 amide bonds. The Kier molecular flexibility index (Phi) is 15.3. The molecule has 360 valence electrons. The van der Waals surface area contributed by atoms with E-state index in [-0.39, 0.29) is 44.3 Å². The molecule has 3 saturated heterocycles. The zero-order chi connectivity index (χ0) is 48.1. The number of rotatable bonds is 12. The zero-order valence-electron chi connectivity index (χ0n) is 42.2. The smallest absolute Gasteiger partial charge is 0.408 e. The highest BCUT2D eigenvalue weighted by atomic mass is 28.6. The lowest BCUT2D eigenvalue weighted by molar-refractivity contribution is 0.0354. The van der Waals surface area contributed by atoms with Crippen LogP contribution in [-0.4, -0.2) is 69.5 Å². The Labute approximate surface area is 405 Å². The molecule has 7 rings (SSSR count). The molecule has 3 fully saturated rings. The Bertz CT molecular complexity index is 1930. The number of hydrogen-bond acceptors (Lipinski definition) is 10. The van der Waals surface area contributed by atoms with Crippen molar-refractivity contribution in [3.05, 3.63) is 121 Å². The highest BCUT2D eigenvalue weighted by Gasteiger charge is 2.79. The minimum atomic E-state index is -4.20. The van der Waals surface area contributed by atoms with Crippen LogP contribution in [-0.2, 0) is 41.2 Å². The van der Waals surface area contributed by atoms with Gasteiger partial charge in [0, 0.05) is 44.3 Å². The first-order chi connectivity index (χ1) is 31.0. The summed E-state index contributed by atoms with van der Waals surface area (Å²) in [6, 6.07) is 41.9. The quantitative estimate of drug-likeness (QED) is 0.128. The molecular formula is C48H76O10Si8. The lowest BCUT2D eigenvalue weighted by Crippen LogP contribution is -2.86. The molecule has 4 aromatic rings. The van der Waals surface area contributed by atoms with Crippen LogP contribution >= 0.6 is 0 Å². The van der Waals surface area contributed by atoms with Crippen LogP contribution in [0.3, 0.4) is 0 Å². The molecule has 4 atom stereocenters. The normalized spacial score (nSPS) is 34.4. The van der Waals surface area contributed by atoms with Crippen molar-refractivity contribution in [1.29, 1.82) is 0 Å². The van der Waals surface area contributed by atoms with Gasteiger partial charge in [-0.2, -0.15) is 0 Å². The van der Waals surface area contributed by atoms with Crippen molar-refractivity contribution in [2.45, 2.75) is 155 Å². The monoisotopic (exact) mass is 1040 g/mol. The molecule has 0 aliphatic carbocycles. The summed E-state index contributed by atoms with van der Waals surface area (Å²) in [5.41, 5.74) is -1.70. The van der Waals surface area contributed by atoms with E-state index in [0.29, 0.717) is 0 Å². The summed E-state index contributed by atoms with van der Waals surface area (Å²) in [6.45, 7) is 34.8. The van der Waals surface area contributed by atoms with Gasteiger partial charge in [0.25, 0.3) is 0 Å². The van der Waals surface area contributed by atoms with Crippen LogP contribution in [0.25, 0.3) is 0 Å². The maximum absolute atomic E-state index is 8.27. The molecule has 10 nitrogen and oxygen atoms in total. The number of hydrogen-bond donors (Lipinski definition) is 0. The molecule has 0 radical (unpaired) electrons. The Morgan fingerprint density at radius 3 is 0.515 bits per heavy atom. The summed E-state index contributed by atoms with van der Waals surface area (Å²) < 4.78 is 82.5. The van der Waals surface area contributed by atoms with Crippen molar-refractivity contribution in [2.24, 2.45) is 0 Å². The standard InChI is InChI=1S/C48H76O10Si8/c1-37(2)59(45-29-21-17-22-30-45)49-60(38(3)4,46-31-23-18-24-32-46)52-64(42(11)12)55-63(51-59,41(9)10)57-65(43(13)14)53-61(39(5)6,47-33-25-19-26-34-47)50-62(40(7)8,48-35-27-20-28-36-48)54-66(56-65,58-64)44(15)16/h17-44H,1-16H3/t59-,60+,61+,62-,63?,64?,65?,66?. The molecule has 18 heteroatoms. The lowest BCUT2D eigenvalue weighted by atomic mass is 10.4. The molecule has 66 heavy (non-hydrogen) atoms. The summed E-state index contributed by atoms with van der Waals surface area (Å²) in [5, 5.41) is 3.95. The first-order valence-electron chi connectivity index (χ1n) is 24.3. The van der Waals surface area contributed by atoms with Gasteiger partial charge in [-0.1, -0.05) is 232 Å². The molecule has 4 bridgehead atoms. The van der Waals surface area contributed by atoms with Gasteiger partial charge in [-0.05, 0) is 20.7 Å². The van der Waals surface area contributed by atoms with Gasteiger partial charge in [0.15, 0.2) is 0 Å². The second-order valence-electron chi connectivity index (χ2n) is 20.8. The fraction of sp³-hybridized carbons (Fsp3) is 0.500. The van der Waals surface area contributed by atoms with Crippen LogP contribution in [0, 0.1) is 0 Å². The highest BCUT2D eigenvalue weighted by Crippen LogP contribution is 2.54. The van der Waals surface area contributed by atoms with Crippen molar-refractivity contribution in [2.75, 3.05) is 0 Å². The Morgan fingerprint density at radius 2 is 0.379 bits per heavy atom. The van der Waals surface area contributed by atoms with Gasteiger partial charge in [-0.25, -0.2) is 0 Å². The van der Waals surface area contributed by atoms with E-state index >= 15 is 0 Å². The predicted octanol–water partition coefficient (Wildman–Crippen LogP) is 10.6. The zero-order valence-corrected chi connectivity index (χ0v) is 50.2. The summed E-state index contributed by atoms with van der Waals surface area (Å²) in [7, 11) is -31.6. The minimum absolute atomic E-state index is 0.114. The minimum Gasteiger partial charge on any atom is -0.408 e. The fourth-order valence-electron chi connectivity index (χ4n) is 9.27. The van der Waals surface area contributed by atoms with Gasteiger partial charge >= 0.3 is 69.5 Å². The first-order valence-corrected chi connectivity index (χ1v) is 39.1. The van der Waals surface area contributed by atoms with Crippen molar-refractivity contribution >= 4 is 90.2 Å². The average Bonchev–Trinajstić information content (AvgIpc) is 3.26. The van der Waals surface area contributed by atoms with Gasteiger partial charge in [0.2, 0.25) is 0 Å². The second kappa shape index (κ2) is 19.4. The molecule has 0 aromatic heterocycles. The molecule has 0 unspecified atom stereocenters.